The van der Waals surface area contributed by atoms with Crippen molar-refractivity contribution in [1.82, 2.24) is 15.0 Å². The predicted molar refractivity (Wildman–Crippen MR) is 110 cm³/mol. The number of nitrogens with zero attached hydrogens (tertiary/aromatic N) is 2. The minimum atomic E-state index is -4.56. The molecule has 0 spiro atoms. The Morgan fingerprint density at radius 2 is 2.10 bits per heavy atom. The van der Waals surface area contributed by atoms with E-state index in [1.807, 2.05) is 0 Å². The number of nitrogens with two attached hydrogens (primary N) is 1. The summed E-state index contributed by atoms with van der Waals surface area (Å²) in [5.74, 6) is 0.189. The standard InChI is InChI=1S/C21H20ClF3N4O2/c1-11(26)12-3-2-4-14(21(23,24)25)18(12)31-10-20(5-6-20)8-17-28-15-9-27-16(22)7-13(15)19(30)29-17/h2-4,7,9,11H,5-6,8,10,26H2,1H3,(H,28,29,30)/t11-/m1/s1. The number of alkyl halides is 3. The number of rotatable bonds is 6. The van der Waals surface area contributed by atoms with Crippen LogP contribution in [0.15, 0.2) is 35.3 Å². The Bertz CT molecular complexity index is 1190. The van der Waals surface area contributed by atoms with Crippen LogP contribution in [-0.2, 0) is 12.6 Å². The molecule has 0 amide bonds. The maximum absolute atomic E-state index is 13.5. The fourth-order valence-electron chi connectivity index (χ4n) is 3.58. The lowest BCUT2D eigenvalue weighted by molar-refractivity contribution is -0.139. The molecule has 4 rings (SSSR count). The first-order valence-electron chi connectivity index (χ1n) is 9.71. The van der Waals surface area contributed by atoms with Crippen molar-refractivity contribution in [3.63, 3.8) is 0 Å². The molecule has 1 aliphatic rings. The average Bonchev–Trinajstić information content (AvgIpc) is 3.45. The van der Waals surface area contributed by atoms with Crippen molar-refractivity contribution in [3.05, 3.63) is 62.9 Å². The summed E-state index contributed by atoms with van der Waals surface area (Å²) in [5, 5.41) is 0.512. The van der Waals surface area contributed by atoms with E-state index in [2.05, 4.69) is 15.0 Å². The Labute approximate surface area is 180 Å². The summed E-state index contributed by atoms with van der Waals surface area (Å²) in [4.78, 5) is 23.5. The first kappa shape index (κ1) is 21.6. The van der Waals surface area contributed by atoms with E-state index >= 15 is 0 Å². The molecule has 31 heavy (non-hydrogen) atoms. The number of pyridine rings is 1. The maximum atomic E-state index is 13.5. The fourth-order valence-corrected chi connectivity index (χ4v) is 3.73. The van der Waals surface area contributed by atoms with Crippen molar-refractivity contribution < 1.29 is 17.9 Å². The summed E-state index contributed by atoms with van der Waals surface area (Å²) in [6.45, 7) is 1.67. The number of ether oxygens (including phenoxy) is 1. The van der Waals surface area contributed by atoms with E-state index in [1.165, 1.54) is 24.4 Å². The molecule has 1 aliphatic carbocycles. The van der Waals surface area contributed by atoms with Gasteiger partial charge in [-0.05, 0) is 31.9 Å². The number of nitrogens with one attached hydrogen (secondary N) is 1. The first-order chi connectivity index (χ1) is 14.6. The van der Waals surface area contributed by atoms with E-state index in [-0.39, 0.29) is 23.1 Å². The molecule has 1 atom stereocenters. The smallest absolute Gasteiger partial charge is 0.419 e. The van der Waals surface area contributed by atoms with Crippen LogP contribution in [0.4, 0.5) is 13.2 Å². The van der Waals surface area contributed by atoms with Gasteiger partial charge in [-0.25, -0.2) is 9.97 Å². The van der Waals surface area contributed by atoms with Crippen LogP contribution in [-0.4, -0.2) is 21.6 Å². The lowest BCUT2D eigenvalue weighted by Gasteiger charge is -2.22. The monoisotopic (exact) mass is 452 g/mol. The summed E-state index contributed by atoms with van der Waals surface area (Å²) in [6, 6.07) is 4.67. The Balaban J connectivity index is 1.59. The van der Waals surface area contributed by atoms with Gasteiger partial charge in [0, 0.05) is 23.4 Å². The molecule has 10 heteroatoms. The third-order valence-corrected chi connectivity index (χ3v) is 5.68. The minimum Gasteiger partial charge on any atom is -0.492 e. The molecule has 164 valence electrons. The topological polar surface area (TPSA) is 93.9 Å². The van der Waals surface area contributed by atoms with Crippen molar-refractivity contribution in [2.24, 2.45) is 11.1 Å². The van der Waals surface area contributed by atoms with Crippen molar-refractivity contribution in [2.45, 2.75) is 38.4 Å². The molecule has 3 N–H and O–H groups in total. The molecule has 1 saturated carbocycles. The zero-order valence-corrected chi connectivity index (χ0v) is 17.3. The van der Waals surface area contributed by atoms with E-state index in [4.69, 9.17) is 22.1 Å². The van der Waals surface area contributed by atoms with E-state index in [0.717, 1.165) is 18.9 Å². The number of halogens is 4. The van der Waals surface area contributed by atoms with Crippen LogP contribution < -0.4 is 16.0 Å². The molecule has 0 saturated heterocycles. The number of H-pyrrole nitrogens is 1. The number of aromatic nitrogens is 3. The molecule has 0 radical (unpaired) electrons. The molecule has 1 fully saturated rings. The van der Waals surface area contributed by atoms with Gasteiger partial charge in [0.2, 0.25) is 0 Å². The van der Waals surface area contributed by atoms with Gasteiger partial charge in [0.25, 0.3) is 5.56 Å². The normalized spacial score (nSPS) is 16.3. The molecule has 1 aromatic carbocycles. The van der Waals surface area contributed by atoms with Crippen molar-refractivity contribution in [3.8, 4) is 5.75 Å². The number of hydrogen-bond acceptors (Lipinski definition) is 5. The second-order valence-electron chi connectivity index (χ2n) is 8.01. The van der Waals surface area contributed by atoms with Gasteiger partial charge in [-0.2, -0.15) is 13.2 Å². The number of para-hydroxylation sites is 1. The first-order valence-corrected chi connectivity index (χ1v) is 10.1. The quantitative estimate of drug-likeness (QED) is 0.540. The molecule has 6 nitrogen and oxygen atoms in total. The lowest BCUT2D eigenvalue weighted by atomic mass is 10.0. The van der Waals surface area contributed by atoms with Crippen LogP contribution in [0.5, 0.6) is 5.75 Å². The Hall–Kier alpha value is -2.65. The number of fused-ring (bicyclic) bond motifs is 1. The minimum absolute atomic E-state index is 0.0560. The summed E-state index contributed by atoms with van der Waals surface area (Å²) >= 11 is 5.83. The average molecular weight is 453 g/mol. The molecule has 0 bridgehead atoms. The molecular weight excluding hydrogens is 433 g/mol. The number of benzene rings is 1. The highest BCUT2D eigenvalue weighted by Crippen LogP contribution is 2.49. The van der Waals surface area contributed by atoms with E-state index in [9.17, 15) is 18.0 Å². The van der Waals surface area contributed by atoms with Crippen LogP contribution in [0.3, 0.4) is 0 Å². The van der Waals surface area contributed by atoms with E-state index < -0.39 is 23.2 Å². The highest BCUT2D eigenvalue weighted by Gasteiger charge is 2.45. The van der Waals surface area contributed by atoms with Gasteiger partial charge in [0.15, 0.2) is 0 Å². The molecule has 2 heterocycles. The third-order valence-electron chi connectivity index (χ3n) is 5.47. The van der Waals surface area contributed by atoms with Crippen LogP contribution in [0.2, 0.25) is 5.15 Å². The third kappa shape index (κ3) is 4.52. The highest BCUT2D eigenvalue weighted by molar-refractivity contribution is 6.30. The molecular formula is C21H20ClF3N4O2. The van der Waals surface area contributed by atoms with E-state index in [0.29, 0.717) is 28.7 Å². The molecule has 0 aliphatic heterocycles. The van der Waals surface area contributed by atoms with Crippen LogP contribution in [0, 0.1) is 5.41 Å². The number of aromatic amines is 1. The fraction of sp³-hybridized carbons (Fsp3) is 0.381. The molecule has 0 unspecified atom stereocenters. The van der Waals surface area contributed by atoms with Gasteiger partial charge in [-0.15, -0.1) is 0 Å². The second kappa shape index (κ2) is 7.80. The lowest BCUT2D eigenvalue weighted by Crippen LogP contribution is -2.22. The SMILES string of the molecule is C[C@@H](N)c1cccc(C(F)(F)F)c1OCC1(Cc2nc3cnc(Cl)cc3c(=O)[nH]2)CC1. The Morgan fingerprint density at radius 3 is 2.74 bits per heavy atom. The Morgan fingerprint density at radius 1 is 1.35 bits per heavy atom. The van der Waals surface area contributed by atoms with Crippen LogP contribution in [0.25, 0.3) is 10.9 Å². The number of hydrogen-bond donors (Lipinski definition) is 2. The van der Waals surface area contributed by atoms with Crippen molar-refractivity contribution >= 4 is 22.5 Å². The van der Waals surface area contributed by atoms with Crippen molar-refractivity contribution in [1.29, 1.82) is 0 Å². The van der Waals surface area contributed by atoms with E-state index in [1.54, 1.807) is 6.92 Å². The highest BCUT2D eigenvalue weighted by atomic mass is 35.5. The van der Waals surface area contributed by atoms with Crippen molar-refractivity contribution in [2.75, 3.05) is 6.61 Å². The predicted octanol–water partition coefficient (Wildman–Crippen LogP) is 4.41. The summed E-state index contributed by atoms with van der Waals surface area (Å²) in [6.07, 6.45) is -1.29. The molecule has 3 aromatic rings. The van der Waals surface area contributed by atoms with Crippen LogP contribution >= 0.6 is 11.6 Å². The zero-order chi connectivity index (χ0) is 22.4. The Kier molecular flexibility index (Phi) is 5.43. The van der Waals surface area contributed by atoms with Crippen LogP contribution in [0.1, 0.15) is 42.8 Å². The maximum Gasteiger partial charge on any atom is 0.419 e. The summed E-state index contributed by atoms with van der Waals surface area (Å²) in [7, 11) is 0. The second-order valence-corrected chi connectivity index (χ2v) is 8.40. The summed E-state index contributed by atoms with van der Waals surface area (Å²) in [5.41, 5.74) is 4.98. The largest absolute Gasteiger partial charge is 0.492 e. The molecule has 2 aromatic heterocycles. The summed E-state index contributed by atoms with van der Waals surface area (Å²) < 4.78 is 46.3. The van der Waals surface area contributed by atoms with Gasteiger partial charge in [-0.3, -0.25) is 4.79 Å². The van der Waals surface area contributed by atoms with Gasteiger partial charge < -0.3 is 15.5 Å². The van der Waals surface area contributed by atoms with Gasteiger partial charge in [0.05, 0.1) is 29.3 Å². The zero-order valence-electron chi connectivity index (χ0n) is 16.6. The van der Waals surface area contributed by atoms with Gasteiger partial charge >= 0.3 is 6.18 Å². The van der Waals surface area contributed by atoms with Gasteiger partial charge in [0.1, 0.15) is 16.7 Å². The van der Waals surface area contributed by atoms with Gasteiger partial charge in [-0.1, -0.05) is 23.7 Å².